The number of nitrogens with zero attached hydrogens (tertiary/aromatic N) is 5. The molecule has 4 rings (SSSR count). The summed E-state index contributed by atoms with van der Waals surface area (Å²) in [6.45, 7) is 0.623. The van der Waals surface area contributed by atoms with Crippen LogP contribution in [-0.4, -0.2) is 46.5 Å². The zero-order chi connectivity index (χ0) is 22.0. The molecular weight excluding hydrogens is 420 g/mol. The first-order chi connectivity index (χ1) is 15.0. The van der Waals surface area contributed by atoms with Crippen LogP contribution in [0.15, 0.2) is 42.4 Å². The van der Waals surface area contributed by atoms with Gasteiger partial charge in [-0.2, -0.15) is 4.98 Å². The summed E-state index contributed by atoms with van der Waals surface area (Å²) < 4.78 is 10.6. The van der Waals surface area contributed by atoms with Crippen molar-refractivity contribution in [2.45, 2.75) is 6.54 Å². The number of ketones is 1. The van der Waals surface area contributed by atoms with Crippen molar-refractivity contribution in [2.24, 2.45) is 0 Å². The van der Waals surface area contributed by atoms with Gasteiger partial charge in [0.15, 0.2) is 17.3 Å². The molecule has 0 unspecified atom stereocenters. The first-order valence-corrected chi connectivity index (χ1v) is 9.68. The fourth-order valence-corrected chi connectivity index (χ4v) is 3.59. The van der Waals surface area contributed by atoms with E-state index in [1.54, 1.807) is 45.0 Å². The van der Waals surface area contributed by atoms with Gasteiger partial charge in [0.1, 0.15) is 16.5 Å². The Morgan fingerprint density at radius 2 is 1.94 bits per heavy atom. The molecule has 3 aromatic rings. The fraction of sp³-hybridized carbons (Fsp3) is 0.190. The molecule has 0 radical (unpaired) electrons. The first kappa shape index (κ1) is 20.5. The van der Waals surface area contributed by atoms with Crippen LogP contribution >= 0.6 is 11.6 Å². The molecule has 2 N–H and O–H groups in total. The highest BCUT2D eigenvalue weighted by atomic mass is 35.5. The summed E-state index contributed by atoms with van der Waals surface area (Å²) in [5.41, 5.74) is 8.09. The van der Waals surface area contributed by atoms with Crippen LogP contribution in [0.5, 0.6) is 11.5 Å². The minimum absolute atomic E-state index is 0.0108. The number of hydrogen-bond acceptors (Lipinski definition) is 9. The van der Waals surface area contributed by atoms with E-state index in [2.05, 4.69) is 19.9 Å². The first-order valence-electron chi connectivity index (χ1n) is 9.30. The van der Waals surface area contributed by atoms with Crippen molar-refractivity contribution in [1.29, 1.82) is 0 Å². The van der Waals surface area contributed by atoms with Gasteiger partial charge in [0, 0.05) is 30.6 Å². The molecule has 0 saturated carbocycles. The van der Waals surface area contributed by atoms with Gasteiger partial charge in [-0.05, 0) is 23.8 Å². The summed E-state index contributed by atoms with van der Waals surface area (Å²) in [6.07, 6.45) is 6.71. The molecule has 0 spiro atoms. The summed E-state index contributed by atoms with van der Waals surface area (Å²) in [6, 6.07) is 5.40. The number of aromatic nitrogens is 4. The maximum Gasteiger partial charge on any atom is 0.223 e. The van der Waals surface area contributed by atoms with E-state index in [1.807, 2.05) is 17.0 Å². The molecule has 1 aliphatic rings. The third-order valence-electron chi connectivity index (χ3n) is 4.77. The molecule has 0 fully saturated rings. The summed E-state index contributed by atoms with van der Waals surface area (Å²) >= 11 is 6.30. The van der Waals surface area contributed by atoms with E-state index in [4.69, 9.17) is 26.8 Å². The van der Waals surface area contributed by atoms with Crippen LogP contribution in [-0.2, 0) is 6.54 Å². The number of hydrogen-bond donors (Lipinski definition) is 1. The Kier molecular flexibility index (Phi) is 5.68. The molecule has 0 aromatic carbocycles. The molecule has 1 aliphatic heterocycles. The van der Waals surface area contributed by atoms with E-state index in [0.717, 1.165) is 5.56 Å². The predicted octanol–water partition coefficient (Wildman–Crippen LogP) is 2.81. The fourth-order valence-electron chi connectivity index (χ4n) is 3.34. The summed E-state index contributed by atoms with van der Waals surface area (Å²) in [7, 11) is 3.10. The van der Waals surface area contributed by atoms with Crippen LogP contribution < -0.4 is 20.1 Å². The van der Waals surface area contributed by atoms with Crippen molar-refractivity contribution in [3.8, 4) is 11.5 Å². The molecule has 0 aliphatic carbocycles. The monoisotopic (exact) mass is 438 g/mol. The average Bonchev–Trinajstić information content (AvgIpc) is 2.77. The van der Waals surface area contributed by atoms with Crippen molar-refractivity contribution in [3.63, 3.8) is 0 Å². The minimum Gasteiger partial charge on any atom is -0.493 e. The van der Waals surface area contributed by atoms with Gasteiger partial charge in [-0.25, -0.2) is 4.98 Å². The van der Waals surface area contributed by atoms with Crippen molar-refractivity contribution >= 4 is 35.2 Å². The van der Waals surface area contributed by atoms with Gasteiger partial charge >= 0.3 is 0 Å². The smallest absolute Gasteiger partial charge is 0.223 e. The van der Waals surface area contributed by atoms with Gasteiger partial charge in [-0.15, -0.1) is 0 Å². The molecule has 3 aromatic heterocycles. The predicted molar refractivity (Wildman–Crippen MR) is 116 cm³/mol. The second-order valence-electron chi connectivity index (χ2n) is 6.74. The number of anilines is 2. The molecule has 9 nitrogen and oxygen atoms in total. The topological polar surface area (TPSA) is 116 Å². The average molecular weight is 439 g/mol. The standard InChI is InChI=1S/C21H19ClN6O3/c1-30-15-8-14(25-9-16(15)31-2)11-28-10-13(7-12-3-5-24-6-4-12)18(29)17-19(22)26-21(23)27-20(17)28/h3-9H,10-11H2,1-2H3,(H2,23,26,27). The van der Waals surface area contributed by atoms with Crippen LogP contribution in [0.1, 0.15) is 21.6 Å². The normalized spacial score (nSPS) is 14.5. The number of pyridine rings is 2. The van der Waals surface area contributed by atoms with Crippen LogP contribution in [0.3, 0.4) is 0 Å². The van der Waals surface area contributed by atoms with Gasteiger partial charge in [-0.1, -0.05) is 11.6 Å². The van der Waals surface area contributed by atoms with Crippen LogP contribution in [0, 0.1) is 0 Å². The van der Waals surface area contributed by atoms with Gasteiger partial charge in [-0.3, -0.25) is 14.8 Å². The second-order valence-corrected chi connectivity index (χ2v) is 7.10. The molecule has 0 amide bonds. The number of ether oxygens (including phenoxy) is 2. The number of rotatable bonds is 5. The Morgan fingerprint density at radius 3 is 2.65 bits per heavy atom. The lowest BCUT2D eigenvalue weighted by Crippen LogP contribution is -2.35. The number of nitrogen functional groups attached to an aromatic ring is 1. The number of carbonyl (C=O) groups excluding carboxylic acids is 1. The number of halogens is 1. The molecule has 31 heavy (non-hydrogen) atoms. The lowest BCUT2D eigenvalue weighted by molar-refractivity contribution is 0.103. The van der Waals surface area contributed by atoms with Crippen LogP contribution in [0.25, 0.3) is 6.08 Å². The quantitative estimate of drug-likeness (QED) is 0.474. The second kappa shape index (κ2) is 8.57. The number of nitrogens with two attached hydrogens (primary N) is 1. The number of methoxy groups -OCH3 is 2. The van der Waals surface area contributed by atoms with Crippen molar-refractivity contribution < 1.29 is 14.3 Å². The van der Waals surface area contributed by atoms with E-state index in [1.165, 1.54) is 0 Å². The Bertz CT molecular complexity index is 1170. The SMILES string of the molecule is COc1cnc(CN2CC(=Cc3ccncc3)C(=O)c3c(Cl)nc(N)nc32)cc1OC. The van der Waals surface area contributed by atoms with Crippen molar-refractivity contribution in [1.82, 2.24) is 19.9 Å². The number of fused-ring (bicyclic) bond motifs is 1. The van der Waals surface area contributed by atoms with Gasteiger partial charge in [0.2, 0.25) is 5.95 Å². The molecule has 4 heterocycles. The lowest BCUT2D eigenvalue weighted by Gasteiger charge is -2.31. The Morgan fingerprint density at radius 1 is 1.19 bits per heavy atom. The molecule has 10 heteroatoms. The van der Waals surface area contributed by atoms with E-state index in [-0.39, 0.29) is 29.0 Å². The van der Waals surface area contributed by atoms with E-state index in [0.29, 0.717) is 35.1 Å². The van der Waals surface area contributed by atoms with Crippen LogP contribution in [0.4, 0.5) is 11.8 Å². The highest BCUT2D eigenvalue weighted by molar-refractivity contribution is 6.35. The summed E-state index contributed by atoms with van der Waals surface area (Å²) in [4.78, 5) is 31.7. The van der Waals surface area contributed by atoms with Gasteiger partial charge in [0.05, 0.1) is 32.7 Å². The molecule has 0 atom stereocenters. The molecule has 158 valence electrons. The lowest BCUT2D eigenvalue weighted by atomic mass is 9.97. The third kappa shape index (κ3) is 4.13. The maximum atomic E-state index is 13.2. The maximum absolute atomic E-state index is 13.2. The molecule has 0 saturated heterocycles. The van der Waals surface area contributed by atoms with Crippen molar-refractivity contribution in [2.75, 3.05) is 31.4 Å². The van der Waals surface area contributed by atoms with Gasteiger partial charge in [0.25, 0.3) is 0 Å². The number of carbonyl (C=O) groups is 1. The zero-order valence-corrected chi connectivity index (χ0v) is 17.6. The summed E-state index contributed by atoms with van der Waals surface area (Å²) in [5, 5.41) is 0.0121. The highest BCUT2D eigenvalue weighted by Crippen LogP contribution is 2.35. The molecular formula is C21H19ClN6O3. The Labute approximate surface area is 183 Å². The zero-order valence-electron chi connectivity index (χ0n) is 16.9. The van der Waals surface area contributed by atoms with E-state index < -0.39 is 0 Å². The highest BCUT2D eigenvalue weighted by Gasteiger charge is 2.32. The molecule has 0 bridgehead atoms. The third-order valence-corrected chi connectivity index (χ3v) is 5.04. The van der Waals surface area contributed by atoms with Crippen LogP contribution in [0.2, 0.25) is 5.15 Å². The van der Waals surface area contributed by atoms with Crippen molar-refractivity contribution in [3.05, 3.63) is 64.3 Å². The van der Waals surface area contributed by atoms with E-state index in [9.17, 15) is 4.79 Å². The minimum atomic E-state index is -0.242. The number of Topliss-reactive ketones (excluding diaryl/α,β-unsaturated/α-hetero) is 1. The summed E-state index contributed by atoms with van der Waals surface area (Å²) in [5.74, 6) is 1.18. The Hall–Kier alpha value is -3.72. The van der Waals surface area contributed by atoms with Gasteiger partial charge < -0.3 is 20.1 Å². The van der Waals surface area contributed by atoms with E-state index >= 15 is 0 Å². The largest absolute Gasteiger partial charge is 0.493 e. The Balaban J connectivity index is 1.77.